The Balaban J connectivity index is 1.59. The maximum atomic E-state index is 13.5. The molecular formula is C33H46N4O8. The predicted molar refractivity (Wildman–Crippen MR) is 167 cm³/mol. The number of hydrogen-bond donors (Lipinski definition) is 4. The first-order chi connectivity index (χ1) is 21.3. The number of alkyl carbamates (subject to hydrolysis) is 2. The molecule has 4 N–H and O–H groups in total. The molecule has 0 radical (unpaired) electrons. The van der Waals surface area contributed by atoms with Crippen LogP contribution in [0.2, 0.25) is 0 Å². The minimum absolute atomic E-state index is 0.00858. The molecule has 2 aromatic rings. The zero-order valence-electron chi connectivity index (χ0n) is 26.7. The smallest absolute Gasteiger partial charge is 0.408 e. The second kappa shape index (κ2) is 16.8. The first-order valence-corrected chi connectivity index (χ1v) is 15.2. The molecule has 1 saturated heterocycles. The van der Waals surface area contributed by atoms with Crippen molar-refractivity contribution in [2.45, 2.75) is 84.1 Å². The first kappa shape index (κ1) is 35.3. The summed E-state index contributed by atoms with van der Waals surface area (Å²) in [5, 5.41) is 18.8. The lowest BCUT2D eigenvalue weighted by molar-refractivity contribution is -0.136. The lowest BCUT2D eigenvalue weighted by atomic mass is 10.0. The summed E-state index contributed by atoms with van der Waals surface area (Å²) >= 11 is 0. The number of ether oxygens (including phenoxy) is 3. The molecule has 4 atom stereocenters. The van der Waals surface area contributed by atoms with Crippen molar-refractivity contribution in [3.63, 3.8) is 0 Å². The third kappa shape index (κ3) is 12.4. The van der Waals surface area contributed by atoms with Gasteiger partial charge in [0.05, 0.1) is 24.4 Å². The lowest BCUT2D eigenvalue weighted by Gasteiger charge is -2.27. The van der Waals surface area contributed by atoms with Gasteiger partial charge in [0, 0.05) is 13.1 Å². The highest BCUT2D eigenvalue weighted by Crippen LogP contribution is 2.16. The number of hydrogen-bond acceptors (Lipinski definition) is 8. The van der Waals surface area contributed by atoms with Gasteiger partial charge >= 0.3 is 12.2 Å². The van der Waals surface area contributed by atoms with E-state index >= 15 is 0 Å². The van der Waals surface area contributed by atoms with Crippen molar-refractivity contribution >= 4 is 24.0 Å². The van der Waals surface area contributed by atoms with E-state index in [9.17, 15) is 24.3 Å². The fourth-order valence-corrected chi connectivity index (χ4v) is 4.64. The molecule has 12 heteroatoms. The molecule has 1 heterocycles. The van der Waals surface area contributed by atoms with Crippen LogP contribution in [0, 0.1) is 5.92 Å². The number of aliphatic hydroxyl groups excluding tert-OH is 1. The van der Waals surface area contributed by atoms with Crippen molar-refractivity contribution in [1.29, 1.82) is 0 Å². The van der Waals surface area contributed by atoms with Gasteiger partial charge in [0.2, 0.25) is 11.8 Å². The Morgan fingerprint density at radius 1 is 0.844 bits per heavy atom. The third-order valence-corrected chi connectivity index (χ3v) is 6.94. The zero-order chi connectivity index (χ0) is 33.0. The zero-order valence-corrected chi connectivity index (χ0v) is 26.7. The number of aliphatic hydroxyl groups is 1. The number of rotatable bonds is 13. The number of benzene rings is 2. The Morgan fingerprint density at radius 2 is 1.36 bits per heavy atom. The SMILES string of the molecule is CC(C)C[C@H](NC(=O)OCc1ccccc1)C(=O)NC1CN(C(=O)[C@H](COC(C)(C)C)NC(=O)OCc2ccccc2)CC1O. The number of carbonyl (C=O) groups excluding carboxylic acids is 4. The normalized spacial score (nSPS) is 17.7. The van der Waals surface area contributed by atoms with Gasteiger partial charge < -0.3 is 40.2 Å². The summed E-state index contributed by atoms with van der Waals surface area (Å²) in [4.78, 5) is 53.3. The van der Waals surface area contributed by atoms with Crippen LogP contribution >= 0.6 is 0 Å². The van der Waals surface area contributed by atoms with Crippen molar-refractivity contribution < 1.29 is 38.5 Å². The molecule has 1 fully saturated rings. The van der Waals surface area contributed by atoms with E-state index in [1.54, 1.807) is 0 Å². The van der Waals surface area contributed by atoms with Crippen LogP contribution in [0.4, 0.5) is 9.59 Å². The van der Waals surface area contributed by atoms with Crippen LogP contribution in [-0.4, -0.2) is 83.5 Å². The van der Waals surface area contributed by atoms with E-state index in [2.05, 4.69) is 16.0 Å². The summed E-state index contributed by atoms with van der Waals surface area (Å²) < 4.78 is 16.4. The van der Waals surface area contributed by atoms with E-state index in [1.807, 2.05) is 95.3 Å². The van der Waals surface area contributed by atoms with Crippen molar-refractivity contribution in [1.82, 2.24) is 20.9 Å². The van der Waals surface area contributed by atoms with Gasteiger partial charge in [-0.2, -0.15) is 0 Å². The predicted octanol–water partition coefficient (Wildman–Crippen LogP) is 3.13. The maximum Gasteiger partial charge on any atom is 0.408 e. The summed E-state index contributed by atoms with van der Waals surface area (Å²) in [5.41, 5.74) is 1.01. The van der Waals surface area contributed by atoms with E-state index in [-0.39, 0.29) is 38.8 Å². The van der Waals surface area contributed by atoms with Gasteiger partial charge in [-0.05, 0) is 44.2 Å². The van der Waals surface area contributed by atoms with Gasteiger partial charge in [-0.15, -0.1) is 0 Å². The fourth-order valence-electron chi connectivity index (χ4n) is 4.64. The van der Waals surface area contributed by atoms with E-state index < -0.39 is 53.8 Å². The molecule has 4 amide bonds. The van der Waals surface area contributed by atoms with Gasteiger partial charge in [0.25, 0.3) is 0 Å². The molecule has 2 unspecified atom stereocenters. The monoisotopic (exact) mass is 626 g/mol. The number of nitrogens with one attached hydrogen (secondary N) is 3. The van der Waals surface area contributed by atoms with E-state index in [0.29, 0.717) is 6.42 Å². The van der Waals surface area contributed by atoms with Crippen LogP contribution in [0.3, 0.4) is 0 Å². The highest BCUT2D eigenvalue weighted by Gasteiger charge is 2.39. The number of β-amino-alcohol motifs (C(OH)–C–C–N with tert-alkyl or cyclic N) is 1. The minimum Gasteiger partial charge on any atom is -0.445 e. The van der Waals surface area contributed by atoms with E-state index in [1.165, 1.54) is 4.90 Å². The van der Waals surface area contributed by atoms with Crippen LogP contribution in [0.1, 0.15) is 52.2 Å². The Hall–Kier alpha value is -4.16. The van der Waals surface area contributed by atoms with Crippen LogP contribution in [0.5, 0.6) is 0 Å². The second-order valence-corrected chi connectivity index (χ2v) is 12.5. The summed E-state index contributed by atoms with van der Waals surface area (Å²) in [7, 11) is 0. The molecule has 1 aliphatic rings. The fraction of sp³-hybridized carbons (Fsp3) is 0.515. The van der Waals surface area contributed by atoms with E-state index in [0.717, 1.165) is 11.1 Å². The van der Waals surface area contributed by atoms with Crippen LogP contribution in [0.15, 0.2) is 60.7 Å². The molecule has 0 saturated carbocycles. The minimum atomic E-state index is -1.09. The second-order valence-electron chi connectivity index (χ2n) is 12.5. The molecule has 0 aliphatic carbocycles. The van der Waals surface area contributed by atoms with Gasteiger partial charge in [-0.25, -0.2) is 9.59 Å². The number of carbonyl (C=O) groups is 4. The third-order valence-electron chi connectivity index (χ3n) is 6.94. The maximum absolute atomic E-state index is 13.5. The highest BCUT2D eigenvalue weighted by atomic mass is 16.6. The molecule has 0 spiro atoms. The summed E-state index contributed by atoms with van der Waals surface area (Å²) in [6.07, 6.45) is -2.27. The van der Waals surface area contributed by atoms with Gasteiger partial charge in [-0.1, -0.05) is 74.5 Å². The molecule has 2 aromatic carbocycles. The molecular weight excluding hydrogens is 580 g/mol. The number of likely N-dealkylation sites (tertiary alicyclic amines) is 1. The average Bonchev–Trinajstić information content (AvgIpc) is 3.36. The standard InChI is InChI=1S/C33H46N4O8/c1-22(2)16-25(35-31(41)43-19-23-12-8-6-9-13-23)29(39)34-26-17-37(18-28(26)38)30(40)27(21-45-33(3,4)5)36-32(42)44-20-24-14-10-7-11-15-24/h6-15,22,25-28,38H,16-21H2,1-5H3,(H,34,39)(H,35,41)(H,36,42)/t25-,26?,27-,28?/m0/s1. The van der Waals surface area contributed by atoms with Crippen molar-refractivity contribution in [2.75, 3.05) is 19.7 Å². The van der Waals surface area contributed by atoms with Gasteiger partial charge in [0.15, 0.2) is 0 Å². The Labute approximate surface area is 264 Å². The largest absolute Gasteiger partial charge is 0.445 e. The topological polar surface area (TPSA) is 156 Å². The lowest BCUT2D eigenvalue weighted by Crippen LogP contribution is -2.54. The van der Waals surface area contributed by atoms with E-state index in [4.69, 9.17) is 14.2 Å². The van der Waals surface area contributed by atoms with Crippen LogP contribution in [0.25, 0.3) is 0 Å². The molecule has 3 rings (SSSR count). The van der Waals surface area contributed by atoms with Crippen LogP contribution < -0.4 is 16.0 Å². The summed E-state index contributed by atoms with van der Waals surface area (Å²) in [6.45, 7) is 9.18. The molecule has 0 aromatic heterocycles. The first-order valence-electron chi connectivity index (χ1n) is 15.2. The van der Waals surface area contributed by atoms with Gasteiger partial charge in [-0.3, -0.25) is 9.59 Å². The molecule has 45 heavy (non-hydrogen) atoms. The quantitative estimate of drug-likeness (QED) is 0.264. The van der Waals surface area contributed by atoms with Gasteiger partial charge in [0.1, 0.15) is 25.3 Å². The molecule has 0 bridgehead atoms. The molecule has 1 aliphatic heterocycles. The summed E-state index contributed by atoms with van der Waals surface area (Å²) in [5.74, 6) is -0.931. The van der Waals surface area contributed by atoms with Crippen LogP contribution in [-0.2, 0) is 37.0 Å². The Kier molecular flexibility index (Phi) is 13.2. The molecule has 246 valence electrons. The average molecular weight is 627 g/mol. The van der Waals surface area contributed by atoms with Crippen molar-refractivity contribution in [2.24, 2.45) is 5.92 Å². The summed E-state index contributed by atoms with van der Waals surface area (Å²) in [6, 6.07) is 15.5. The Bertz CT molecular complexity index is 1250. The van der Waals surface area contributed by atoms with Crippen molar-refractivity contribution in [3.05, 3.63) is 71.8 Å². The number of amides is 4. The highest BCUT2D eigenvalue weighted by molar-refractivity contribution is 5.87. The Morgan fingerprint density at radius 3 is 1.84 bits per heavy atom. The van der Waals surface area contributed by atoms with Crippen molar-refractivity contribution in [3.8, 4) is 0 Å². The molecule has 12 nitrogen and oxygen atoms in total. The number of nitrogens with zero attached hydrogens (tertiary/aromatic N) is 1.